The fourth-order valence-corrected chi connectivity index (χ4v) is 4.02. The van der Waals surface area contributed by atoms with E-state index in [-0.39, 0.29) is 0 Å². The number of hydrazone groups is 1. The van der Waals surface area contributed by atoms with Crippen LogP contribution in [0.15, 0.2) is 53.6 Å². The van der Waals surface area contributed by atoms with Gasteiger partial charge in [0.05, 0.1) is 31.4 Å². The van der Waals surface area contributed by atoms with Crippen molar-refractivity contribution in [3.05, 3.63) is 54.1 Å². The Hall–Kier alpha value is -3.07. The largest absolute Gasteiger partial charge is 0.494 e. The second-order valence-corrected chi connectivity index (χ2v) is 9.53. The van der Waals surface area contributed by atoms with Crippen LogP contribution >= 0.6 is 0 Å². The van der Waals surface area contributed by atoms with Crippen molar-refractivity contribution in [3.63, 3.8) is 0 Å². The van der Waals surface area contributed by atoms with Crippen LogP contribution in [-0.2, 0) is 14.8 Å². The lowest BCUT2D eigenvalue weighted by Crippen LogP contribution is -2.46. The molecule has 32 heavy (non-hydrogen) atoms. The number of nitrogens with zero attached hydrogens (tertiary/aromatic N) is 2. The van der Waals surface area contributed by atoms with Crippen LogP contribution in [0, 0.1) is 5.92 Å². The van der Waals surface area contributed by atoms with Crippen LogP contribution < -0.4 is 19.2 Å². The minimum atomic E-state index is -3.72. The van der Waals surface area contributed by atoms with Gasteiger partial charge in [-0.05, 0) is 73.9 Å². The Bertz CT molecular complexity index is 1000. The van der Waals surface area contributed by atoms with Crippen LogP contribution in [0.3, 0.4) is 0 Å². The highest BCUT2D eigenvalue weighted by Crippen LogP contribution is 2.24. The second kappa shape index (κ2) is 11.5. The average molecular weight is 462 g/mol. The molecule has 1 amide bonds. The van der Waals surface area contributed by atoms with Crippen molar-refractivity contribution in [2.75, 3.05) is 23.8 Å². The molecule has 0 saturated carbocycles. The first kappa shape index (κ1) is 25.2. The van der Waals surface area contributed by atoms with Gasteiger partial charge in [0, 0.05) is 0 Å². The third-order valence-electron chi connectivity index (χ3n) is 4.34. The van der Waals surface area contributed by atoms with Crippen LogP contribution in [0.4, 0.5) is 5.69 Å². The van der Waals surface area contributed by atoms with Crippen molar-refractivity contribution < 1.29 is 22.7 Å². The Morgan fingerprint density at radius 3 is 2.12 bits per heavy atom. The molecular weight excluding hydrogens is 430 g/mol. The molecule has 2 aromatic carbocycles. The molecule has 0 aliphatic heterocycles. The van der Waals surface area contributed by atoms with Crippen LogP contribution in [-0.4, -0.2) is 46.1 Å². The summed E-state index contributed by atoms with van der Waals surface area (Å²) in [6, 6.07) is 12.8. The third kappa shape index (κ3) is 7.56. The number of sulfonamides is 1. The Morgan fingerprint density at radius 1 is 1.03 bits per heavy atom. The first-order chi connectivity index (χ1) is 15.1. The molecule has 1 atom stereocenters. The number of carbonyl (C=O) groups is 1. The third-order valence-corrected chi connectivity index (χ3v) is 5.58. The van der Waals surface area contributed by atoms with Crippen LogP contribution in [0.5, 0.6) is 11.5 Å². The van der Waals surface area contributed by atoms with E-state index >= 15 is 0 Å². The van der Waals surface area contributed by atoms with Gasteiger partial charge < -0.3 is 9.47 Å². The summed E-state index contributed by atoms with van der Waals surface area (Å²) in [4.78, 5) is 12.6. The van der Waals surface area contributed by atoms with Crippen molar-refractivity contribution in [2.24, 2.45) is 11.0 Å². The lowest BCUT2D eigenvalue weighted by Gasteiger charge is -2.27. The lowest BCUT2D eigenvalue weighted by molar-refractivity contribution is -0.121. The zero-order valence-corrected chi connectivity index (χ0v) is 19.9. The second-order valence-electron chi connectivity index (χ2n) is 7.67. The first-order valence-corrected chi connectivity index (χ1v) is 12.2. The molecule has 0 aliphatic rings. The summed E-state index contributed by atoms with van der Waals surface area (Å²) in [6.07, 6.45) is 2.54. The molecule has 0 fully saturated rings. The Kier molecular flexibility index (Phi) is 9.07. The minimum absolute atomic E-state index is 0.361. The number of amides is 1. The Balaban J connectivity index is 2.05. The molecule has 0 spiro atoms. The van der Waals surface area contributed by atoms with E-state index in [0.717, 1.165) is 21.9 Å². The molecule has 0 aliphatic carbocycles. The zero-order chi connectivity index (χ0) is 23.7. The Labute approximate surface area is 190 Å². The summed E-state index contributed by atoms with van der Waals surface area (Å²) < 4.78 is 36.8. The van der Waals surface area contributed by atoms with E-state index in [0.29, 0.717) is 30.6 Å². The van der Waals surface area contributed by atoms with E-state index in [1.807, 2.05) is 31.2 Å². The predicted octanol–water partition coefficient (Wildman–Crippen LogP) is 3.42. The number of anilines is 1. The van der Waals surface area contributed by atoms with Crippen molar-refractivity contribution in [3.8, 4) is 11.5 Å². The predicted molar refractivity (Wildman–Crippen MR) is 127 cm³/mol. The maximum Gasteiger partial charge on any atom is 0.263 e. The molecular formula is C23H31N3O5S. The molecule has 8 nitrogen and oxygen atoms in total. The highest BCUT2D eigenvalue weighted by molar-refractivity contribution is 7.92. The van der Waals surface area contributed by atoms with Crippen LogP contribution in [0.1, 0.15) is 33.3 Å². The van der Waals surface area contributed by atoms with E-state index in [2.05, 4.69) is 24.4 Å². The van der Waals surface area contributed by atoms with E-state index in [9.17, 15) is 13.2 Å². The van der Waals surface area contributed by atoms with E-state index in [4.69, 9.17) is 9.47 Å². The molecule has 2 rings (SSSR count). The van der Waals surface area contributed by atoms with Crippen LogP contribution in [0.2, 0.25) is 0 Å². The number of rotatable bonds is 11. The number of hydrogen-bond donors (Lipinski definition) is 1. The van der Waals surface area contributed by atoms with Crippen LogP contribution in [0.25, 0.3) is 0 Å². The smallest absolute Gasteiger partial charge is 0.263 e. The molecule has 0 bridgehead atoms. The number of carbonyl (C=O) groups excluding carboxylic acids is 1. The fourth-order valence-electron chi connectivity index (χ4n) is 2.84. The van der Waals surface area contributed by atoms with E-state index < -0.39 is 22.0 Å². The highest BCUT2D eigenvalue weighted by Gasteiger charge is 2.29. The standard InChI is InChI=1S/C23H31N3O5S/c1-6-30-21-13-9-20(10-14-21)26(32(5,28)29)18(4)23(27)25-24-15-19-7-11-22(12-8-19)31-16-17(2)3/h7-15,17-18H,6,16H2,1-5H3,(H,25,27)/b24-15-/t18-/m0/s1. The zero-order valence-electron chi connectivity index (χ0n) is 19.1. The van der Waals surface area contributed by atoms with Gasteiger partial charge in [-0.25, -0.2) is 13.8 Å². The average Bonchev–Trinajstić information content (AvgIpc) is 2.73. The maximum absolute atomic E-state index is 12.6. The molecule has 2 aromatic rings. The number of hydrogen-bond acceptors (Lipinski definition) is 6. The van der Waals surface area contributed by atoms with E-state index in [1.165, 1.54) is 13.1 Å². The van der Waals surface area contributed by atoms with Gasteiger partial charge in [0.1, 0.15) is 17.5 Å². The van der Waals surface area contributed by atoms with Gasteiger partial charge in [-0.15, -0.1) is 0 Å². The van der Waals surface area contributed by atoms with Gasteiger partial charge in [0.25, 0.3) is 5.91 Å². The monoisotopic (exact) mass is 461 g/mol. The number of benzene rings is 2. The SMILES string of the molecule is CCOc1ccc(N([C@@H](C)C(=O)N/N=C\c2ccc(OCC(C)C)cc2)S(C)(=O)=O)cc1. The van der Waals surface area contributed by atoms with Crippen molar-refractivity contribution in [1.82, 2.24) is 5.43 Å². The van der Waals surface area contributed by atoms with E-state index in [1.54, 1.807) is 24.3 Å². The molecule has 0 saturated heterocycles. The number of ether oxygens (including phenoxy) is 2. The molecule has 0 heterocycles. The fraction of sp³-hybridized carbons (Fsp3) is 0.391. The topological polar surface area (TPSA) is 97.3 Å². The summed E-state index contributed by atoms with van der Waals surface area (Å²) in [6.45, 7) is 8.64. The molecule has 174 valence electrons. The van der Waals surface area contributed by atoms with Gasteiger partial charge in [-0.1, -0.05) is 13.8 Å². The summed E-state index contributed by atoms with van der Waals surface area (Å²) >= 11 is 0. The van der Waals surface area contributed by atoms with Crippen molar-refractivity contribution in [1.29, 1.82) is 0 Å². The van der Waals surface area contributed by atoms with Crippen molar-refractivity contribution >= 4 is 27.8 Å². The van der Waals surface area contributed by atoms with Gasteiger partial charge in [-0.2, -0.15) is 5.10 Å². The first-order valence-electron chi connectivity index (χ1n) is 10.4. The Morgan fingerprint density at radius 2 is 1.59 bits per heavy atom. The van der Waals surface area contributed by atoms with Gasteiger partial charge in [0.2, 0.25) is 10.0 Å². The number of nitrogens with one attached hydrogen (secondary N) is 1. The van der Waals surface area contributed by atoms with Gasteiger partial charge >= 0.3 is 0 Å². The molecule has 0 radical (unpaired) electrons. The lowest BCUT2D eigenvalue weighted by atomic mass is 10.2. The normalized spacial score (nSPS) is 12.6. The molecule has 0 aromatic heterocycles. The molecule has 0 unspecified atom stereocenters. The quantitative estimate of drug-likeness (QED) is 0.408. The summed E-state index contributed by atoms with van der Waals surface area (Å²) in [7, 11) is -3.72. The highest BCUT2D eigenvalue weighted by atomic mass is 32.2. The summed E-state index contributed by atoms with van der Waals surface area (Å²) in [5.74, 6) is 1.25. The van der Waals surface area contributed by atoms with Crippen molar-refractivity contribution in [2.45, 2.75) is 33.7 Å². The molecule has 1 N–H and O–H groups in total. The van der Waals surface area contributed by atoms with Gasteiger partial charge in [-0.3, -0.25) is 9.10 Å². The summed E-state index contributed by atoms with van der Waals surface area (Å²) in [5.41, 5.74) is 3.53. The minimum Gasteiger partial charge on any atom is -0.494 e. The van der Waals surface area contributed by atoms with Gasteiger partial charge in [0.15, 0.2) is 0 Å². The summed E-state index contributed by atoms with van der Waals surface area (Å²) in [5, 5.41) is 3.96. The maximum atomic E-state index is 12.6. The molecule has 9 heteroatoms.